The van der Waals surface area contributed by atoms with Gasteiger partial charge in [-0.1, -0.05) is 17.4 Å². The first-order valence-corrected chi connectivity index (χ1v) is 9.96. The first-order chi connectivity index (χ1) is 11.8. The zero-order chi connectivity index (χ0) is 18.0. The van der Waals surface area contributed by atoms with Gasteiger partial charge in [-0.05, 0) is 48.9 Å². The van der Waals surface area contributed by atoms with E-state index < -0.39 is 21.6 Å². The molecule has 1 amide bonds. The monoisotopic (exact) mass is 378 g/mol. The van der Waals surface area contributed by atoms with Crippen molar-refractivity contribution >= 4 is 42.4 Å². The van der Waals surface area contributed by atoms with Crippen molar-refractivity contribution in [1.82, 2.24) is 4.98 Å². The fourth-order valence-electron chi connectivity index (χ4n) is 2.25. The summed E-state index contributed by atoms with van der Waals surface area (Å²) < 4.78 is 38.2. The molecule has 0 unspecified atom stereocenters. The Hall–Kier alpha value is -2.32. The van der Waals surface area contributed by atoms with E-state index in [1.165, 1.54) is 23.5 Å². The van der Waals surface area contributed by atoms with E-state index in [1.54, 1.807) is 0 Å². The molecule has 0 spiro atoms. The number of rotatable bonds is 5. The zero-order valence-corrected chi connectivity index (χ0v) is 15.0. The third-order valence-electron chi connectivity index (χ3n) is 3.56. The van der Waals surface area contributed by atoms with E-state index in [1.807, 2.05) is 25.1 Å². The second-order valence-corrected chi connectivity index (χ2v) is 8.70. The van der Waals surface area contributed by atoms with Crippen molar-refractivity contribution in [3.63, 3.8) is 0 Å². The van der Waals surface area contributed by atoms with Crippen LogP contribution in [0.2, 0.25) is 0 Å². The van der Waals surface area contributed by atoms with Crippen LogP contribution in [0.25, 0.3) is 10.2 Å². The van der Waals surface area contributed by atoms with Crippen molar-refractivity contribution < 1.29 is 17.6 Å². The van der Waals surface area contributed by atoms with Crippen LogP contribution in [0.15, 0.2) is 47.4 Å². The summed E-state index contributed by atoms with van der Waals surface area (Å²) >= 11 is 1.34. The molecule has 3 aromatic rings. The predicted molar refractivity (Wildman–Crippen MR) is 96.1 cm³/mol. The molecule has 0 radical (unpaired) electrons. The molecule has 8 heteroatoms. The third kappa shape index (κ3) is 4.21. The van der Waals surface area contributed by atoms with Gasteiger partial charge in [-0.3, -0.25) is 4.79 Å². The average Bonchev–Trinajstić information content (AvgIpc) is 2.94. The van der Waals surface area contributed by atoms with Gasteiger partial charge in [-0.25, -0.2) is 17.8 Å². The number of aromatic nitrogens is 1. The molecule has 0 bridgehead atoms. The number of halogens is 1. The lowest BCUT2D eigenvalue weighted by atomic mass is 10.2. The minimum absolute atomic E-state index is 0.00263. The molecule has 3 rings (SSSR count). The van der Waals surface area contributed by atoms with Gasteiger partial charge in [0.05, 0.1) is 20.9 Å². The Kier molecular flexibility index (Phi) is 4.82. The molecule has 1 aromatic heterocycles. The van der Waals surface area contributed by atoms with Crippen LogP contribution in [0, 0.1) is 12.7 Å². The number of thiazole rings is 1. The Morgan fingerprint density at radius 2 is 1.92 bits per heavy atom. The lowest BCUT2D eigenvalue weighted by Crippen LogP contribution is -2.17. The van der Waals surface area contributed by atoms with E-state index in [-0.39, 0.29) is 17.1 Å². The molecule has 25 heavy (non-hydrogen) atoms. The van der Waals surface area contributed by atoms with Gasteiger partial charge in [-0.2, -0.15) is 0 Å². The first kappa shape index (κ1) is 17.5. The number of carbonyl (C=O) groups is 1. The van der Waals surface area contributed by atoms with Gasteiger partial charge in [0.1, 0.15) is 5.82 Å². The maximum Gasteiger partial charge on any atom is 0.227 e. The van der Waals surface area contributed by atoms with Crippen LogP contribution in [0.3, 0.4) is 0 Å². The van der Waals surface area contributed by atoms with E-state index in [9.17, 15) is 17.6 Å². The van der Waals surface area contributed by atoms with Crippen LogP contribution >= 0.6 is 11.3 Å². The number of nitrogens with zero attached hydrogens (tertiary/aromatic N) is 1. The summed E-state index contributed by atoms with van der Waals surface area (Å²) in [6.07, 6.45) is -0.200. The summed E-state index contributed by atoms with van der Waals surface area (Å²) in [7, 11) is -3.64. The second kappa shape index (κ2) is 6.89. The fraction of sp³-hybridized carbons (Fsp3) is 0.176. The number of aryl methyl sites for hydroxylation is 1. The Bertz CT molecular complexity index is 1030. The number of benzene rings is 2. The van der Waals surface area contributed by atoms with Crippen molar-refractivity contribution in [3.05, 3.63) is 53.8 Å². The summed E-state index contributed by atoms with van der Waals surface area (Å²) in [6.45, 7) is 1.97. The SMILES string of the molecule is Cc1ccc2nc(NC(=O)CCS(=O)(=O)c3ccc(F)cc3)sc2c1. The van der Waals surface area contributed by atoms with E-state index in [0.717, 1.165) is 27.9 Å². The van der Waals surface area contributed by atoms with Crippen LogP contribution in [0.5, 0.6) is 0 Å². The molecule has 0 atom stereocenters. The lowest BCUT2D eigenvalue weighted by Gasteiger charge is -2.04. The van der Waals surface area contributed by atoms with Crippen molar-refractivity contribution in [2.75, 3.05) is 11.1 Å². The molecule has 1 N–H and O–H groups in total. The number of fused-ring (bicyclic) bond motifs is 1. The van der Waals surface area contributed by atoms with Gasteiger partial charge < -0.3 is 5.32 Å². The molecule has 5 nitrogen and oxygen atoms in total. The number of hydrogen-bond donors (Lipinski definition) is 1. The van der Waals surface area contributed by atoms with Gasteiger partial charge in [0.15, 0.2) is 15.0 Å². The molecule has 2 aromatic carbocycles. The Morgan fingerprint density at radius 1 is 1.20 bits per heavy atom. The van der Waals surface area contributed by atoms with Gasteiger partial charge in [-0.15, -0.1) is 0 Å². The molecular formula is C17H15FN2O3S2. The van der Waals surface area contributed by atoms with E-state index >= 15 is 0 Å². The van der Waals surface area contributed by atoms with Crippen molar-refractivity contribution in [3.8, 4) is 0 Å². The van der Waals surface area contributed by atoms with Crippen LogP contribution < -0.4 is 5.32 Å². The molecular weight excluding hydrogens is 363 g/mol. The van der Waals surface area contributed by atoms with Crippen LogP contribution in [0.1, 0.15) is 12.0 Å². The highest BCUT2D eigenvalue weighted by Crippen LogP contribution is 2.26. The van der Waals surface area contributed by atoms with Crippen molar-refractivity contribution in [2.24, 2.45) is 0 Å². The highest BCUT2D eigenvalue weighted by molar-refractivity contribution is 7.91. The summed E-state index contributed by atoms with van der Waals surface area (Å²) in [5.41, 5.74) is 1.88. The maximum absolute atomic E-state index is 12.9. The molecule has 0 saturated heterocycles. The number of sulfone groups is 1. The largest absolute Gasteiger partial charge is 0.302 e. The highest BCUT2D eigenvalue weighted by atomic mass is 32.2. The summed E-state index contributed by atoms with van der Waals surface area (Å²) in [6, 6.07) is 10.3. The quantitative estimate of drug-likeness (QED) is 0.689. The van der Waals surface area contributed by atoms with E-state index in [0.29, 0.717) is 5.13 Å². The Balaban J connectivity index is 1.64. The molecule has 0 fully saturated rings. The molecule has 0 aliphatic carbocycles. The first-order valence-electron chi connectivity index (χ1n) is 7.49. The molecule has 0 saturated carbocycles. The molecule has 1 heterocycles. The van der Waals surface area contributed by atoms with Crippen LogP contribution in [0.4, 0.5) is 9.52 Å². The van der Waals surface area contributed by atoms with Crippen LogP contribution in [-0.2, 0) is 14.6 Å². The van der Waals surface area contributed by atoms with Gasteiger partial charge in [0.2, 0.25) is 5.91 Å². The number of hydrogen-bond acceptors (Lipinski definition) is 5. The maximum atomic E-state index is 12.9. The summed E-state index contributed by atoms with van der Waals surface area (Å²) in [5, 5.41) is 3.06. The normalized spacial score (nSPS) is 11.6. The smallest absolute Gasteiger partial charge is 0.227 e. The lowest BCUT2D eigenvalue weighted by molar-refractivity contribution is -0.115. The van der Waals surface area contributed by atoms with E-state index in [4.69, 9.17) is 0 Å². The number of amides is 1. The average molecular weight is 378 g/mol. The Labute approximate surface area is 148 Å². The number of carbonyl (C=O) groups excluding carboxylic acids is 1. The van der Waals surface area contributed by atoms with Gasteiger partial charge in [0, 0.05) is 6.42 Å². The Morgan fingerprint density at radius 3 is 2.64 bits per heavy atom. The minimum Gasteiger partial charge on any atom is -0.302 e. The predicted octanol–water partition coefficient (Wildman–Crippen LogP) is 3.55. The standard InChI is InChI=1S/C17H15FN2O3S2/c1-11-2-7-14-15(10-11)24-17(19-14)20-16(21)8-9-25(22,23)13-5-3-12(18)4-6-13/h2-7,10H,8-9H2,1H3,(H,19,20,21). The van der Waals surface area contributed by atoms with Gasteiger partial charge >= 0.3 is 0 Å². The topological polar surface area (TPSA) is 76.1 Å². The van der Waals surface area contributed by atoms with Crippen LogP contribution in [-0.4, -0.2) is 25.1 Å². The highest BCUT2D eigenvalue weighted by Gasteiger charge is 2.17. The summed E-state index contributed by atoms with van der Waals surface area (Å²) in [4.78, 5) is 16.3. The molecule has 130 valence electrons. The van der Waals surface area contributed by atoms with E-state index in [2.05, 4.69) is 10.3 Å². The van der Waals surface area contributed by atoms with Crippen molar-refractivity contribution in [1.29, 1.82) is 0 Å². The third-order valence-corrected chi connectivity index (χ3v) is 6.23. The molecule has 0 aliphatic rings. The number of nitrogens with one attached hydrogen (secondary N) is 1. The molecule has 0 aliphatic heterocycles. The van der Waals surface area contributed by atoms with Crippen molar-refractivity contribution in [2.45, 2.75) is 18.2 Å². The number of anilines is 1. The second-order valence-electron chi connectivity index (χ2n) is 5.56. The fourth-order valence-corrected chi connectivity index (χ4v) is 4.47. The van der Waals surface area contributed by atoms with Gasteiger partial charge in [0.25, 0.3) is 0 Å². The minimum atomic E-state index is -3.64. The summed E-state index contributed by atoms with van der Waals surface area (Å²) in [5.74, 6) is -1.29. The zero-order valence-electron chi connectivity index (χ0n) is 13.3.